The van der Waals surface area contributed by atoms with Crippen LogP contribution in [-0.4, -0.2) is 36.6 Å². The summed E-state index contributed by atoms with van der Waals surface area (Å²) >= 11 is 0. The van der Waals surface area contributed by atoms with Crippen molar-refractivity contribution in [2.75, 3.05) is 24.7 Å². The molecule has 1 unspecified atom stereocenters. The van der Waals surface area contributed by atoms with Crippen LogP contribution < -0.4 is 10.6 Å². The molecule has 2 rings (SSSR count). The number of hydrogen-bond acceptors (Lipinski definition) is 4. The molecule has 0 bridgehead atoms. The number of rotatable bonds is 2. The minimum absolute atomic E-state index is 0.0613. The van der Waals surface area contributed by atoms with Crippen molar-refractivity contribution in [3.8, 4) is 0 Å². The summed E-state index contributed by atoms with van der Waals surface area (Å²) in [4.78, 5) is 6.68. The minimum Gasteiger partial charge on any atom is -0.384 e. The number of ether oxygens (including phenoxy) is 1. The first kappa shape index (κ1) is 11.9. The molecule has 5 heteroatoms. The van der Waals surface area contributed by atoms with Gasteiger partial charge in [0.15, 0.2) is 0 Å². The Labute approximate surface area is 101 Å². The number of anilines is 1. The topological polar surface area (TPSA) is 75.2 Å². The molecule has 0 aromatic carbocycles. The molecule has 1 aliphatic heterocycles. The maximum atomic E-state index is 7.61. The van der Waals surface area contributed by atoms with E-state index in [9.17, 15) is 0 Å². The van der Waals surface area contributed by atoms with Crippen molar-refractivity contribution in [3.05, 3.63) is 23.4 Å². The van der Waals surface area contributed by atoms with Crippen molar-refractivity contribution in [3.63, 3.8) is 0 Å². The molecule has 0 spiro atoms. The summed E-state index contributed by atoms with van der Waals surface area (Å²) in [6, 6.07) is 4.00. The van der Waals surface area contributed by atoms with Gasteiger partial charge in [0.25, 0.3) is 0 Å². The third-order valence-corrected chi connectivity index (χ3v) is 2.94. The minimum atomic E-state index is 0.0613. The highest BCUT2D eigenvalue weighted by Crippen LogP contribution is 2.22. The Bertz CT molecular complexity index is 433. The molecule has 0 saturated carbocycles. The van der Waals surface area contributed by atoms with Crippen molar-refractivity contribution in [2.24, 2.45) is 5.73 Å². The molecule has 3 N–H and O–H groups in total. The first-order valence-corrected chi connectivity index (χ1v) is 5.76. The van der Waals surface area contributed by atoms with Gasteiger partial charge in [-0.1, -0.05) is 0 Å². The van der Waals surface area contributed by atoms with Gasteiger partial charge in [-0.05, 0) is 26.0 Å². The summed E-state index contributed by atoms with van der Waals surface area (Å²) in [5.41, 5.74) is 7.23. The molecule has 17 heavy (non-hydrogen) atoms. The average molecular weight is 234 g/mol. The number of amidine groups is 1. The number of nitrogens with two attached hydrogens (primary N) is 1. The highest BCUT2D eigenvalue weighted by molar-refractivity contribution is 5.99. The molecule has 1 atom stereocenters. The molecular weight excluding hydrogens is 216 g/mol. The summed E-state index contributed by atoms with van der Waals surface area (Å²) in [5, 5.41) is 7.61. The van der Waals surface area contributed by atoms with E-state index >= 15 is 0 Å². The van der Waals surface area contributed by atoms with Crippen LogP contribution in [0, 0.1) is 12.3 Å². The summed E-state index contributed by atoms with van der Waals surface area (Å²) in [5.74, 6) is 0.861. The summed E-state index contributed by atoms with van der Waals surface area (Å²) in [6.07, 6.45) is 0. The highest BCUT2D eigenvalue weighted by Gasteiger charge is 2.23. The lowest BCUT2D eigenvalue weighted by molar-refractivity contribution is 0.0985. The Kier molecular flexibility index (Phi) is 3.28. The Morgan fingerprint density at radius 3 is 3.00 bits per heavy atom. The summed E-state index contributed by atoms with van der Waals surface area (Å²) in [7, 11) is 0. The summed E-state index contributed by atoms with van der Waals surface area (Å²) < 4.78 is 5.41. The van der Waals surface area contributed by atoms with Crippen molar-refractivity contribution in [2.45, 2.75) is 19.9 Å². The van der Waals surface area contributed by atoms with E-state index in [1.807, 2.05) is 19.1 Å². The molecular formula is C12H18N4O. The second-order valence-corrected chi connectivity index (χ2v) is 4.35. The molecule has 92 valence electrons. The second-order valence-electron chi connectivity index (χ2n) is 4.35. The largest absolute Gasteiger partial charge is 0.384 e. The van der Waals surface area contributed by atoms with Crippen LogP contribution in [0.15, 0.2) is 12.1 Å². The van der Waals surface area contributed by atoms with Crippen LogP contribution >= 0.6 is 0 Å². The molecule has 1 saturated heterocycles. The maximum absolute atomic E-state index is 7.61. The fourth-order valence-electron chi connectivity index (χ4n) is 2.01. The number of hydrogen-bond donors (Lipinski definition) is 2. The van der Waals surface area contributed by atoms with Gasteiger partial charge < -0.3 is 15.4 Å². The van der Waals surface area contributed by atoms with E-state index in [0.717, 1.165) is 18.1 Å². The van der Waals surface area contributed by atoms with E-state index in [1.165, 1.54) is 0 Å². The van der Waals surface area contributed by atoms with Gasteiger partial charge in [-0.3, -0.25) is 5.41 Å². The molecule has 0 amide bonds. The Hall–Kier alpha value is -1.62. The van der Waals surface area contributed by atoms with E-state index in [1.54, 1.807) is 0 Å². The summed E-state index contributed by atoms with van der Waals surface area (Å²) in [6.45, 7) is 6.20. The predicted octanol–water partition coefficient (Wildman–Crippen LogP) is 0.899. The maximum Gasteiger partial charge on any atom is 0.140 e. The van der Waals surface area contributed by atoms with E-state index in [-0.39, 0.29) is 11.9 Å². The van der Waals surface area contributed by atoms with Crippen molar-refractivity contribution < 1.29 is 4.74 Å². The van der Waals surface area contributed by atoms with Gasteiger partial charge in [0, 0.05) is 12.2 Å². The van der Waals surface area contributed by atoms with E-state index < -0.39 is 0 Å². The lowest BCUT2D eigenvalue weighted by Gasteiger charge is -2.35. The predicted molar refractivity (Wildman–Crippen MR) is 67.6 cm³/mol. The van der Waals surface area contributed by atoms with Crippen molar-refractivity contribution in [1.82, 2.24) is 4.98 Å². The van der Waals surface area contributed by atoms with Gasteiger partial charge in [0.05, 0.1) is 24.8 Å². The smallest absolute Gasteiger partial charge is 0.140 e. The van der Waals surface area contributed by atoms with E-state index in [4.69, 9.17) is 15.9 Å². The number of nitrogen functional groups attached to an aromatic ring is 1. The molecule has 1 aliphatic rings. The second kappa shape index (κ2) is 4.71. The van der Waals surface area contributed by atoms with Gasteiger partial charge in [0.1, 0.15) is 11.7 Å². The molecule has 0 aliphatic carbocycles. The van der Waals surface area contributed by atoms with E-state index in [0.29, 0.717) is 18.8 Å². The molecule has 2 heterocycles. The van der Waals surface area contributed by atoms with Crippen LogP contribution in [0.2, 0.25) is 0 Å². The molecule has 1 aromatic heterocycles. The number of pyridine rings is 1. The first-order valence-electron chi connectivity index (χ1n) is 5.76. The average Bonchev–Trinajstić information content (AvgIpc) is 2.29. The number of nitrogens with one attached hydrogen (secondary N) is 1. The molecule has 0 radical (unpaired) electrons. The normalized spacial score (nSPS) is 20.4. The van der Waals surface area contributed by atoms with Crippen LogP contribution in [0.25, 0.3) is 0 Å². The number of aryl methyl sites for hydroxylation is 1. The lowest BCUT2D eigenvalue weighted by Crippen LogP contribution is -2.45. The van der Waals surface area contributed by atoms with Crippen LogP contribution in [0.3, 0.4) is 0 Å². The zero-order valence-electron chi connectivity index (χ0n) is 10.2. The van der Waals surface area contributed by atoms with Gasteiger partial charge in [-0.15, -0.1) is 0 Å². The van der Waals surface area contributed by atoms with Crippen molar-refractivity contribution >= 4 is 11.7 Å². The van der Waals surface area contributed by atoms with Gasteiger partial charge in [-0.25, -0.2) is 4.98 Å². The molecule has 5 nitrogen and oxygen atoms in total. The quantitative estimate of drug-likeness (QED) is 0.589. The number of aromatic nitrogens is 1. The van der Waals surface area contributed by atoms with Gasteiger partial charge >= 0.3 is 0 Å². The van der Waals surface area contributed by atoms with Crippen molar-refractivity contribution in [1.29, 1.82) is 5.41 Å². The van der Waals surface area contributed by atoms with E-state index in [2.05, 4.69) is 16.8 Å². The number of nitrogens with zero attached hydrogens (tertiary/aromatic N) is 2. The van der Waals surface area contributed by atoms with Crippen LogP contribution in [0.1, 0.15) is 18.2 Å². The Morgan fingerprint density at radius 1 is 1.59 bits per heavy atom. The Morgan fingerprint density at radius 2 is 2.35 bits per heavy atom. The zero-order valence-corrected chi connectivity index (χ0v) is 10.2. The van der Waals surface area contributed by atoms with Crippen LogP contribution in [0.5, 0.6) is 0 Å². The fraction of sp³-hybridized carbons (Fsp3) is 0.500. The third kappa shape index (κ3) is 2.39. The fourth-order valence-corrected chi connectivity index (χ4v) is 2.01. The third-order valence-electron chi connectivity index (χ3n) is 2.94. The monoisotopic (exact) mass is 234 g/mol. The molecule has 1 fully saturated rings. The Balaban J connectivity index is 2.41. The molecule has 1 aromatic rings. The lowest BCUT2D eigenvalue weighted by atomic mass is 10.1. The highest BCUT2D eigenvalue weighted by atomic mass is 16.5. The van der Waals surface area contributed by atoms with Crippen LogP contribution in [0.4, 0.5) is 5.82 Å². The zero-order chi connectivity index (χ0) is 12.4. The van der Waals surface area contributed by atoms with Gasteiger partial charge in [0.2, 0.25) is 0 Å². The standard InChI is InChI=1S/C12H18N4O/c1-8-3-4-10(11(13)14)12(15-8)16-5-6-17-7-9(16)2/h3-4,9H,5-7H2,1-2H3,(H3,13,14). The van der Waals surface area contributed by atoms with Gasteiger partial charge in [-0.2, -0.15) is 0 Å². The van der Waals surface area contributed by atoms with Crippen LogP contribution in [-0.2, 0) is 4.74 Å². The first-order chi connectivity index (χ1) is 8.09. The SMILES string of the molecule is Cc1ccc(C(=N)N)c(N2CCOCC2C)n1. The number of morpholine rings is 1.